The Hall–Kier alpha value is -1.64. The van der Waals surface area contributed by atoms with Gasteiger partial charge in [-0.1, -0.05) is 74.6 Å². The molecule has 0 N–H and O–H groups in total. The summed E-state index contributed by atoms with van der Waals surface area (Å²) < 4.78 is 5.83. The summed E-state index contributed by atoms with van der Waals surface area (Å²) in [4.78, 5) is 2.22. The summed E-state index contributed by atoms with van der Waals surface area (Å²) in [5.41, 5.74) is 2.67. The van der Waals surface area contributed by atoms with E-state index in [0.29, 0.717) is 0 Å². The average Bonchev–Trinajstić information content (AvgIpc) is 2.86. The summed E-state index contributed by atoms with van der Waals surface area (Å²) in [6.45, 7) is 5.05. The van der Waals surface area contributed by atoms with E-state index in [1.165, 1.54) is 11.1 Å². The molecule has 1 unspecified atom stereocenters. The first kappa shape index (κ1) is 19.4. The van der Waals surface area contributed by atoms with Gasteiger partial charge in [0, 0.05) is 19.6 Å². The first-order valence-electron chi connectivity index (χ1n) is 8.49. The molecule has 2 rings (SSSR count). The molecule has 1 aromatic carbocycles. The van der Waals surface area contributed by atoms with Crippen LogP contribution in [0.4, 0.5) is 0 Å². The second-order valence-corrected chi connectivity index (χ2v) is 5.64. The van der Waals surface area contributed by atoms with Gasteiger partial charge in [-0.25, -0.2) is 0 Å². The average molecular weight is 313 g/mol. The summed E-state index contributed by atoms with van der Waals surface area (Å²) in [6.07, 6.45) is 13.8. The smallest absolute Gasteiger partial charge is 0.0921 e. The topological polar surface area (TPSA) is 12.5 Å². The highest BCUT2D eigenvalue weighted by molar-refractivity contribution is 5.33. The van der Waals surface area contributed by atoms with Crippen LogP contribution in [-0.4, -0.2) is 32.6 Å². The lowest BCUT2D eigenvalue weighted by Crippen LogP contribution is -2.18. The van der Waals surface area contributed by atoms with Crippen molar-refractivity contribution in [3.63, 3.8) is 0 Å². The fraction of sp³-hybridized carbons (Fsp3) is 0.429. The highest BCUT2D eigenvalue weighted by atomic mass is 16.5. The molecule has 0 saturated carbocycles. The van der Waals surface area contributed by atoms with Crippen molar-refractivity contribution in [2.45, 2.75) is 26.4 Å². The number of methoxy groups -OCH3 is 1. The molecule has 0 aromatic heterocycles. The van der Waals surface area contributed by atoms with Gasteiger partial charge < -0.3 is 9.64 Å². The molecule has 0 amide bonds. The van der Waals surface area contributed by atoms with Crippen molar-refractivity contribution in [1.29, 1.82) is 0 Å². The van der Waals surface area contributed by atoms with E-state index in [1.54, 1.807) is 7.11 Å². The van der Waals surface area contributed by atoms with E-state index < -0.39 is 0 Å². The first-order valence-corrected chi connectivity index (χ1v) is 8.49. The van der Waals surface area contributed by atoms with Gasteiger partial charge >= 0.3 is 0 Å². The Morgan fingerprint density at radius 2 is 1.61 bits per heavy atom. The number of ether oxygens (including phenoxy) is 1. The normalized spacial score (nSPS) is 15.2. The number of rotatable bonds is 6. The van der Waals surface area contributed by atoms with Crippen LogP contribution in [0.25, 0.3) is 0 Å². The van der Waals surface area contributed by atoms with Crippen LogP contribution in [0.1, 0.15) is 31.1 Å². The third kappa shape index (κ3) is 6.17. The fourth-order valence-electron chi connectivity index (χ4n) is 2.65. The maximum Gasteiger partial charge on any atom is 0.0921 e. The number of allylic oxidation sites excluding steroid dienone is 4. The van der Waals surface area contributed by atoms with E-state index in [4.69, 9.17) is 4.74 Å². The van der Waals surface area contributed by atoms with Gasteiger partial charge in [-0.2, -0.15) is 0 Å². The van der Waals surface area contributed by atoms with Crippen molar-refractivity contribution in [2.24, 2.45) is 5.92 Å². The summed E-state index contributed by atoms with van der Waals surface area (Å²) in [5.74, 6) is 0.269. The Kier molecular flexibility index (Phi) is 9.27. The molecular formula is C21H31NO. The summed E-state index contributed by atoms with van der Waals surface area (Å²) >= 11 is 0. The van der Waals surface area contributed by atoms with Gasteiger partial charge in [-0.15, -0.1) is 0 Å². The minimum absolute atomic E-state index is 0.0655. The minimum atomic E-state index is 0.0655. The largest absolute Gasteiger partial charge is 0.376 e. The molecule has 23 heavy (non-hydrogen) atoms. The van der Waals surface area contributed by atoms with Gasteiger partial charge in [0.2, 0.25) is 0 Å². The minimum Gasteiger partial charge on any atom is -0.376 e. The van der Waals surface area contributed by atoms with E-state index >= 15 is 0 Å². The molecule has 0 spiro atoms. The van der Waals surface area contributed by atoms with Crippen LogP contribution in [-0.2, 0) is 11.2 Å². The predicted octanol–water partition coefficient (Wildman–Crippen LogP) is 4.80. The molecule has 2 nitrogen and oxygen atoms in total. The Balaban J connectivity index is 0.00000127. The maximum absolute atomic E-state index is 5.83. The Morgan fingerprint density at radius 1 is 1.00 bits per heavy atom. The van der Waals surface area contributed by atoms with Gasteiger partial charge in [0.1, 0.15) is 0 Å². The van der Waals surface area contributed by atoms with Crippen molar-refractivity contribution in [3.05, 3.63) is 71.8 Å². The third-order valence-corrected chi connectivity index (χ3v) is 3.79. The van der Waals surface area contributed by atoms with Crippen molar-refractivity contribution in [1.82, 2.24) is 4.90 Å². The quantitative estimate of drug-likeness (QED) is 0.748. The third-order valence-electron chi connectivity index (χ3n) is 3.79. The fourth-order valence-corrected chi connectivity index (χ4v) is 2.65. The Labute approximate surface area is 142 Å². The van der Waals surface area contributed by atoms with Crippen molar-refractivity contribution in [3.8, 4) is 0 Å². The molecule has 0 fully saturated rings. The van der Waals surface area contributed by atoms with Crippen LogP contribution in [0, 0.1) is 5.92 Å². The SMILES string of the molecule is CC.COC(c1ccccc1CCN(C)C)C1C=CC=CC=C1. The lowest BCUT2D eigenvalue weighted by atomic mass is 9.90. The number of hydrogen-bond donors (Lipinski definition) is 0. The molecule has 0 radical (unpaired) electrons. The molecule has 0 saturated heterocycles. The number of nitrogens with zero attached hydrogens (tertiary/aromatic N) is 1. The van der Waals surface area contributed by atoms with Gasteiger partial charge in [0.25, 0.3) is 0 Å². The molecule has 0 aliphatic heterocycles. The van der Waals surface area contributed by atoms with Crippen molar-refractivity contribution in [2.75, 3.05) is 27.7 Å². The lowest BCUT2D eigenvalue weighted by Gasteiger charge is -2.24. The second-order valence-electron chi connectivity index (χ2n) is 5.64. The van der Waals surface area contributed by atoms with E-state index in [0.717, 1.165) is 13.0 Å². The van der Waals surface area contributed by atoms with E-state index in [9.17, 15) is 0 Å². The standard InChI is InChI=1S/C19H25NO.C2H6/c1-20(2)15-14-16-10-8-9-13-18(16)19(21-3)17-11-6-4-5-7-12-17;1-2/h4-13,17,19H,14-15H2,1-3H3;1-2H3. The van der Waals surface area contributed by atoms with Crippen LogP contribution >= 0.6 is 0 Å². The summed E-state index contributed by atoms with van der Waals surface area (Å²) in [6, 6.07) is 8.62. The first-order chi connectivity index (χ1) is 11.2. The van der Waals surface area contributed by atoms with Gasteiger partial charge in [-0.3, -0.25) is 0 Å². The molecule has 1 atom stereocenters. The Morgan fingerprint density at radius 3 is 2.17 bits per heavy atom. The van der Waals surface area contributed by atoms with Crippen LogP contribution in [0.2, 0.25) is 0 Å². The van der Waals surface area contributed by atoms with Crippen LogP contribution < -0.4 is 0 Å². The molecule has 1 aliphatic rings. The zero-order valence-electron chi connectivity index (χ0n) is 15.2. The molecule has 1 aliphatic carbocycles. The number of hydrogen-bond acceptors (Lipinski definition) is 2. The monoisotopic (exact) mass is 313 g/mol. The zero-order chi connectivity index (χ0) is 17.1. The highest BCUT2D eigenvalue weighted by Crippen LogP contribution is 2.31. The van der Waals surface area contributed by atoms with Crippen LogP contribution in [0.15, 0.2) is 60.7 Å². The zero-order valence-corrected chi connectivity index (χ0v) is 15.2. The van der Waals surface area contributed by atoms with Crippen molar-refractivity contribution < 1.29 is 4.74 Å². The van der Waals surface area contributed by atoms with E-state index in [2.05, 4.69) is 79.7 Å². The van der Waals surface area contributed by atoms with Crippen LogP contribution in [0.5, 0.6) is 0 Å². The van der Waals surface area contributed by atoms with E-state index in [-0.39, 0.29) is 12.0 Å². The molecule has 0 heterocycles. The summed E-state index contributed by atoms with van der Waals surface area (Å²) in [7, 11) is 6.02. The van der Waals surface area contributed by atoms with E-state index in [1.807, 2.05) is 13.8 Å². The summed E-state index contributed by atoms with van der Waals surface area (Å²) in [5, 5.41) is 0. The highest BCUT2D eigenvalue weighted by Gasteiger charge is 2.21. The molecule has 0 bridgehead atoms. The molecule has 126 valence electrons. The van der Waals surface area contributed by atoms with Gasteiger partial charge in [0.15, 0.2) is 0 Å². The Bertz CT molecular complexity index is 512. The van der Waals surface area contributed by atoms with Crippen molar-refractivity contribution >= 4 is 0 Å². The molecule has 1 aromatic rings. The van der Waals surface area contributed by atoms with Gasteiger partial charge in [-0.05, 0) is 31.6 Å². The second kappa shape index (κ2) is 11.0. The number of benzene rings is 1. The number of likely N-dealkylation sites (N-methyl/N-ethyl adjacent to an activating group) is 1. The predicted molar refractivity (Wildman–Crippen MR) is 101 cm³/mol. The molecular weight excluding hydrogens is 282 g/mol. The lowest BCUT2D eigenvalue weighted by molar-refractivity contribution is 0.0819. The molecule has 2 heteroatoms. The van der Waals surface area contributed by atoms with Gasteiger partial charge in [0.05, 0.1) is 6.10 Å². The van der Waals surface area contributed by atoms with Crippen LogP contribution in [0.3, 0.4) is 0 Å². The maximum atomic E-state index is 5.83.